The quantitative estimate of drug-likeness (QED) is 0.221. The van der Waals surface area contributed by atoms with E-state index < -0.39 is 50.5 Å². The zero-order valence-electron chi connectivity index (χ0n) is 26.2. The monoisotopic (exact) mass is 685 g/mol. The van der Waals surface area contributed by atoms with Crippen LogP contribution in [-0.2, 0) is 20.8 Å². The summed E-state index contributed by atoms with van der Waals surface area (Å²) in [6, 6.07) is 6.87. The third-order valence-electron chi connectivity index (χ3n) is 8.68. The summed E-state index contributed by atoms with van der Waals surface area (Å²) in [7, 11) is -2.12. The third-order valence-corrected chi connectivity index (χ3v) is 9.81. The Balaban J connectivity index is 1.69. The predicted molar refractivity (Wildman–Crippen MR) is 170 cm³/mol. The highest BCUT2D eigenvalue weighted by Crippen LogP contribution is 2.39. The number of fused-ring (bicyclic) bond motifs is 1. The van der Waals surface area contributed by atoms with Crippen LogP contribution >= 0.6 is 0 Å². The van der Waals surface area contributed by atoms with Crippen LogP contribution in [0.1, 0.15) is 24.0 Å². The number of hydrogen-bond donors (Lipinski definition) is 0. The molecule has 4 aromatic rings. The number of piperazine rings is 1. The van der Waals surface area contributed by atoms with Crippen LogP contribution in [0.5, 0.6) is 0 Å². The summed E-state index contributed by atoms with van der Waals surface area (Å²) in [4.78, 5) is 44.0. The number of amides is 1. The number of aromatic nitrogens is 4. The topological polar surface area (TPSA) is 122 Å². The molecule has 2 saturated heterocycles. The smallest absolute Gasteiger partial charge is 0.350 e. The number of carbonyl (C=O) groups excluding carboxylic acids is 1. The molecule has 0 unspecified atom stereocenters. The Hall–Kier alpha value is -4.70. The number of benzene rings is 1. The molecule has 0 radical (unpaired) electrons. The van der Waals surface area contributed by atoms with Gasteiger partial charge in [0.15, 0.2) is 21.3 Å². The first kappa shape index (κ1) is 33.2. The fourth-order valence-corrected chi connectivity index (χ4v) is 7.31. The molecule has 1 atom stereocenters. The molecular weight excluding hydrogens is 654 g/mol. The van der Waals surface area contributed by atoms with Gasteiger partial charge in [-0.3, -0.25) is 9.78 Å². The van der Waals surface area contributed by atoms with Crippen molar-refractivity contribution >= 4 is 32.6 Å². The third kappa shape index (κ3) is 5.83. The van der Waals surface area contributed by atoms with Gasteiger partial charge >= 0.3 is 11.9 Å². The molecule has 2 fully saturated rings. The molecule has 252 valence electrons. The first-order valence-corrected chi connectivity index (χ1v) is 16.8. The van der Waals surface area contributed by atoms with Gasteiger partial charge in [-0.2, -0.15) is 18.2 Å². The van der Waals surface area contributed by atoms with Crippen LogP contribution in [-0.4, -0.2) is 95.7 Å². The summed E-state index contributed by atoms with van der Waals surface area (Å²) >= 11 is 0. The fraction of sp³-hybridized carbons (Fsp3) is 0.344. The van der Waals surface area contributed by atoms with Crippen molar-refractivity contribution in [2.45, 2.75) is 30.0 Å². The number of halogens is 4. The van der Waals surface area contributed by atoms with Gasteiger partial charge in [-0.15, -0.1) is 0 Å². The average Bonchev–Trinajstić information content (AvgIpc) is 3.01. The molecule has 11 nitrogen and oxygen atoms in total. The number of likely N-dealkylation sites (N-methyl/N-ethyl adjacent to an activating group) is 1. The standard InChI is InChI=1S/C32H31F4N7O4S/c1-5-25(44)41-12-13-42(18(2)15-41)29-21-14-23(33)27(26-22(32(34,35)36)9-7-11-37-26)38-30(21)43(31(45)39-29)28-20(19-16-40(3)17-19)8-6-10-24(28)48(4,46)47/h5-11,14,18-19H,1,12-13,15-17H2,2-4H3/t18-/m0/s1. The molecule has 0 spiro atoms. The lowest BCUT2D eigenvalue weighted by atomic mass is 9.90. The van der Waals surface area contributed by atoms with Crippen LogP contribution in [0.15, 0.2) is 64.9 Å². The molecule has 0 N–H and O–H groups in total. The number of pyridine rings is 2. The normalized spacial score (nSPS) is 17.9. The Bertz CT molecular complexity index is 2130. The number of para-hydroxylation sites is 1. The molecule has 0 saturated carbocycles. The van der Waals surface area contributed by atoms with Crippen molar-refractivity contribution in [1.29, 1.82) is 0 Å². The van der Waals surface area contributed by atoms with E-state index in [1.165, 1.54) is 12.1 Å². The predicted octanol–water partition coefficient (Wildman–Crippen LogP) is 3.66. The highest BCUT2D eigenvalue weighted by atomic mass is 32.2. The van der Waals surface area contributed by atoms with Crippen LogP contribution in [0, 0.1) is 5.82 Å². The summed E-state index contributed by atoms with van der Waals surface area (Å²) in [6.07, 6.45) is -1.69. The lowest BCUT2D eigenvalue weighted by Crippen LogP contribution is -2.54. The van der Waals surface area contributed by atoms with E-state index in [-0.39, 0.29) is 58.9 Å². The van der Waals surface area contributed by atoms with E-state index in [1.807, 2.05) is 11.9 Å². The van der Waals surface area contributed by atoms with Gasteiger partial charge in [0, 0.05) is 57.1 Å². The van der Waals surface area contributed by atoms with Gasteiger partial charge in [0.1, 0.15) is 17.2 Å². The molecule has 1 amide bonds. The molecule has 2 aliphatic heterocycles. The Morgan fingerprint density at radius 1 is 1.06 bits per heavy atom. The van der Waals surface area contributed by atoms with E-state index in [1.54, 1.807) is 28.9 Å². The van der Waals surface area contributed by atoms with Crippen LogP contribution in [0.3, 0.4) is 0 Å². The van der Waals surface area contributed by atoms with Crippen molar-refractivity contribution in [3.8, 4) is 17.1 Å². The molecule has 3 aromatic heterocycles. The van der Waals surface area contributed by atoms with Crippen LogP contribution in [0.25, 0.3) is 28.1 Å². The van der Waals surface area contributed by atoms with E-state index in [4.69, 9.17) is 0 Å². The van der Waals surface area contributed by atoms with Crippen LogP contribution in [0.4, 0.5) is 23.4 Å². The van der Waals surface area contributed by atoms with E-state index in [0.717, 1.165) is 35.2 Å². The number of alkyl halides is 3. The zero-order chi connectivity index (χ0) is 34.7. The van der Waals surface area contributed by atoms with Gasteiger partial charge in [0.25, 0.3) is 0 Å². The fourth-order valence-electron chi connectivity index (χ4n) is 6.42. The zero-order valence-corrected chi connectivity index (χ0v) is 27.0. The van der Waals surface area contributed by atoms with Crippen molar-refractivity contribution in [1.82, 2.24) is 29.3 Å². The molecule has 1 aromatic carbocycles. The Kier molecular flexibility index (Phi) is 8.35. The maximum absolute atomic E-state index is 16.1. The SMILES string of the molecule is C=CC(=O)N1CCN(c2nc(=O)n(-c3c(C4CN(C)C4)cccc3S(C)(=O)=O)c3nc(-c4ncccc4C(F)(F)F)c(F)cc23)[C@@H](C)C1. The number of likely N-dealkylation sites (tertiary alicyclic amines) is 1. The molecule has 5 heterocycles. The molecule has 2 aliphatic rings. The minimum absolute atomic E-state index is 0.0127. The minimum atomic E-state index is -4.92. The second kappa shape index (κ2) is 12.1. The Labute approximate surface area is 273 Å². The van der Waals surface area contributed by atoms with E-state index in [2.05, 4.69) is 21.5 Å². The van der Waals surface area contributed by atoms with E-state index in [9.17, 15) is 31.2 Å². The molecular formula is C32H31F4N7O4S. The van der Waals surface area contributed by atoms with Crippen molar-refractivity contribution in [2.24, 2.45) is 0 Å². The second-order valence-electron chi connectivity index (χ2n) is 12.1. The lowest BCUT2D eigenvalue weighted by Gasteiger charge is -2.40. The first-order chi connectivity index (χ1) is 22.6. The molecule has 48 heavy (non-hydrogen) atoms. The van der Waals surface area contributed by atoms with Crippen LogP contribution < -0.4 is 10.6 Å². The molecule has 0 aliphatic carbocycles. The number of hydrogen-bond acceptors (Lipinski definition) is 9. The van der Waals surface area contributed by atoms with E-state index >= 15 is 4.39 Å². The molecule has 0 bridgehead atoms. The van der Waals surface area contributed by atoms with Crippen molar-refractivity contribution in [3.63, 3.8) is 0 Å². The van der Waals surface area contributed by atoms with Gasteiger partial charge in [-0.1, -0.05) is 18.7 Å². The number of carbonyl (C=O) groups is 1. The second-order valence-corrected chi connectivity index (χ2v) is 14.0. The average molecular weight is 686 g/mol. The first-order valence-electron chi connectivity index (χ1n) is 15.0. The van der Waals surface area contributed by atoms with Crippen LogP contribution in [0.2, 0.25) is 0 Å². The number of nitrogens with zero attached hydrogens (tertiary/aromatic N) is 7. The number of anilines is 1. The van der Waals surface area contributed by atoms with Gasteiger partial charge < -0.3 is 14.7 Å². The van der Waals surface area contributed by atoms with E-state index in [0.29, 0.717) is 18.7 Å². The largest absolute Gasteiger partial charge is 0.418 e. The lowest BCUT2D eigenvalue weighted by molar-refractivity contribution is -0.137. The Morgan fingerprint density at radius 3 is 2.42 bits per heavy atom. The molecule has 6 rings (SSSR count). The van der Waals surface area contributed by atoms with Crippen molar-refractivity contribution in [3.05, 3.63) is 82.7 Å². The Morgan fingerprint density at radius 2 is 1.79 bits per heavy atom. The maximum atomic E-state index is 16.1. The van der Waals surface area contributed by atoms with Gasteiger partial charge in [0.2, 0.25) is 5.91 Å². The van der Waals surface area contributed by atoms with Gasteiger partial charge in [0.05, 0.1) is 21.5 Å². The summed E-state index contributed by atoms with van der Waals surface area (Å²) in [5.41, 5.74) is -3.67. The highest BCUT2D eigenvalue weighted by Gasteiger charge is 2.37. The molecule has 16 heteroatoms. The van der Waals surface area contributed by atoms with Crippen molar-refractivity contribution < 1.29 is 30.8 Å². The minimum Gasteiger partial charge on any atom is -0.350 e. The number of rotatable bonds is 6. The summed E-state index contributed by atoms with van der Waals surface area (Å²) in [5, 5.41) is -0.0457. The van der Waals surface area contributed by atoms with Gasteiger partial charge in [-0.25, -0.2) is 27.2 Å². The number of sulfone groups is 1. The summed E-state index contributed by atoms with van der Waals surface area (Å²) in [5.74, 6) is -1.67. The highest BCUT2D eigenvalue weighted by molar-refractivity contribution is 7.90. The summed E-state index contributed by atoms with van der Waals surface area (Å²) < 4.78 is 85.6. The summed E-state index contributed by atoms with van der Waals surface area (Å²) in [6.45, 7) is 6.98. The van der Waals surface area contributed by atoms with Gasteiger partial charge in [-0.05, 0) is 49.9 Å². The van der Waals surface area contributed by atoms with Crippen molar-refractivity contribution in [2.75, 3.05) is 50.9 Å². The maximum Gasteiger partial charge on any atom is 0.418 e.